The SMILES string of the molecule is CCOC(=O)C1=C(O)/C(=C/c2cc(Br)ccc2OCc2ccccc2F)SC1=NC(=O)c1ccccc1C. The highest BCUT2D eigenvalue weighted by Gasteiger charge is 2.34. The summed E-state index contributed by atoms with van der Waals surface area (Å²) in [4.78, 5) is 30.1. The molecule has 0 saturated carbocycles. The first-order valence-corrected chi connectivity index (χ1v) is 13.2. The van der Waals surface area contributed by atoms with Crippen LogP contribution >= 0.6 is 27.7 Å². The first-order chi connectivity index (χ1) is 18.3. The largest absolute Gasteiger partial charge is 0.506 e. The fourth-order valence-electron chi connectivity index (χ4n) is 3.63. The molecule has 194 valence electrons. The lowest BCUT2D eigenvalue weighted by atomic mass is 10.1. The molecule has 0 atom stereocenters. The van der Waals surface area contributed by atoms with Crippen LogP contribution in [0, 0.1) is 12.7 Å². The van der Waals surface area contributed by atoms with Crippen molar-refractivity contribution >= 4 is 50.7 Å². The van der Waals surface area contributed by atoms with Crippen LogP contribution in [0.2, 0.25) is 0 Å². The molecule has 1 amide bonds. The van der Waals surface area contributed by atoms with Crippen molar-refractivity contribution in [1.29, 1.82) is 0 Å². The molecule has 38 heavy (non-hydrogen) atoms. The van der Waals surface area contributed by atoms with Gasteiger partial charge >= 0.3 is 5.97 Å². The standard InChI is InChI=1S/C29H23BrFNO5S/c1-3-36-29(35)25-26(33)24(38-28(25)32-27(34)21-10-6-4-8-17(21)2)15-19-14-20(30)12-13-23(19)37-16-18-9-5-7-11-22(18)31/h4-15,33H,3,16H2,1-2H3/b24-15-,32-28?. The molecule has 1 aliphatic heterocycles. The minimum atomic E-state index is -0.789. The Bertz CT molecular complexity index is 1500. The number of halogens is 2. The lowest BCUT2D eigenvalue weighted by Crippen LogP contribution is -2.14. The first kappa shape index (κ1) is 27.3. The molecule has 0 bridgehead atoms. The van der Waals surface area contributed by atoms with E-state index in [1.54, 1.807) is 74.5 Å². The first-order valence-electron chi connectivity index (χ1n) is 11.6. The van der Waals surface area contributed by atoms with Gasteiger partial charge in [0.1, 0.15) is 34.5 Å². The number of carbonyl (C=O) groups is 2. The van der Waals surface area contributed by atoms with Gasteiger partial charge in [-0.25, -0.2) is 14.2 Å². The van der Waals surface area contributed by atoms with Crippen LogP contribution in [-0.4, -0.2) is 28.6 Å². The van der Waals surface area contributed by atoms with Gasteiger partial charge in [-0.1, -0.05) is 64.1 Å². The normalized spacial score (nSPS) is 15.3. The van der Waals surface area contributed by atoms with Gasteiger partial charge in [0, 0.05) is 21.2 Å². The molecule has 6 nitrogen and oxygen atoms in total. The van der Waals surface area contributed by atoms with Gasteiger partial charge in [0.2, 0.25) is 0 Å². The summed E-state index contributed by atoms with van der Waals surface area (Å²) in [5.74, 6) is -1.64. The summed E-state index contributed by atoms with van der Waals surface area (Å²) in [7, 11) is 0. The van der Waals surface area contributed by atoms with Crippen LogP contribution in [0.3, 0.4) is 0 Å². The fourth-order valence-corrected chi connectivity index (χ4v) is 5.02. The number of thioether (sulfide) groups is 1. The number of ether oxygens (including phenoxy) is 2. The summed E-state index contributed by atoms with van der Waals surface area (Å²) in [6, 6.07) is 18.5. The molecule has 0 aromatic heterocycles. The summed E-state index contributed by atoms with van der Waals surface area (Å²) in [5.41, 5.74) is 1.88. The lowest BCUT2D eigenvalue weighted by molar-refractivity contribution is -0.138. The van der Waals surface area contributed by atoms with Crippen molar-refractivity contribution in [2.45, 2.75) is 20.5 Å². The molecule has 0 unspecified atom stereocenters. The Hall–Kier alpha value is -3.69. The van der Waals surface area contributed by atoms with E-state index in [0.717, 1.165) is 21.8 Å². The van der Waals surface area contributed by atoms with Crippen LogP contribution in [0.5, 0.6) is 5.75 Å². The maximum atomic E-state index is 14.1. The molecule has 0 spiro atoms. The minimum Gasteiger partial charge on any atom is -0.506 e. The maximum Gasteiger partial charge on any atom is 0.344 e. The monoisotopic (exact) mass is 595 g/mol. The second-order valence-corrected chi connectivity index (χ2v) is 10.1. The van der Waals surface area contributed by atoms with Gasteiger partial charge in [0.05, 0.1) is 11.5 Å². The Morgan fingerprint density at radius 3 is 2.58 bits per heavy atom. The molecular weight excluding hydrogens is 573 g/mol. The van der Waals surface area contributed by atoms with E-state index in [-0.39, 0.29) is 40.3 Å². The van der Waals surface area contributed by atoms with Crippen molar-refractivity contribution < 1.29 is 28.6 Å². The predicted octanol–water partition coefficient (Wildman–Crippen LogP) is 7.18. The van der Waals surface area contributed by atoms with Crippen molar-refractivity contribution in [1.82, 2.24) is 0 Å². The number of benzene rings is 3. The Labute approximate surface area is 232 Å². The van der Waals surface area contributed by atoms with Crippen molar-refractivity contribution in [3.05, 3.63) is 116 Å². The number of aliphatic hydroxyl groups excluding tert-OH is 1. The highest BCUT2D eigenvalue weighted by atomic mass is 79.9. The summed E-state index contributed by atoms with van der Waals surface area (Å²) >= 11 is 4.40. The number of hydrogen-bond acceptors (Lipinski definition) is 6. The number of esters is 1. The van der Waals surface area contributed by atoms with Gasteiger partial charge in [-0.3, -0.25) is 4.79 Å². The van der Waals surface area contributed by atoms with E-state index in [9.17, 15) is 19.1 Å². The zero-order chi connectivity index (χ0) is 27.2. The number of aryl methyl sites for hydroxylation is 1. The third-order valence-corrected chi connectivity index (χ3v) is 7.06. The average Bonchev–Trinajstić information content (AvgIpc) is 3.19. The molecule has 0 fully saturated rings. The number of rotatable bonds is 7. The molecule has 0 aliphatic carbocycles. The Balaban J connectivity index is 1.71. The predicted molar refractivity (Wildman–Crippen MR) is 150 cm³/mol. The van der Waals surface area contributed by atoms with Crippen LogP contribution in [0.4, 0.5) is 4.39 Å². The molecule has 9 heteroatoms. The molecule has 3 aromatic rings. The molecule has 0 radical (unpaired) electrons. The molecule has 1 N–H and O–H groups in total. The van der Waals surface area contributed by atoms with Gasteiger partial charge in [0.15, 0.2) is 0 Å². The molecule has 4 rings (SSSR count). The van der Waals surface area contributed by atoms with Crippen LogP contribution in [0.15, 0.2) is 92.4 Å². The van der Waals surface area contributed by atoms with Gasteiger partial charge in [-0.15, -0.1) is 0 Å². The van der Waals surface area contributed by atoms with Crippen LogP contribution in [0.1, 0.15) is 34.0 Å². The van der Waals surface area contributed by atoms with E-state index in [4.69, 9.17) is 9.47 Å². The quantitative estimate of drug-likeness (QED) is 0.291. The number of aliphatic imine (C=N–C) groups is 1. The number of nitrogens with zero attached hydrogens (tertiary/aromatic N) is 1. The number of carbonyl (C=O) groups excluding carboxylic acids is 2. The topological polar surface area (TPSA) is 85.2 Å². The molecule has 3 aromatic carbocycles. The van der Waals surface area contributed by atoms with Gasteiger partial charge in [0.25, 0.3) is 5.91 Å². The summed E-state index contributed by atoms with van der Waals surface area (Å²) in [6.45, 7) is 3.50. The highest BCUT2D eigenvalue weighted by molar-refractivity contribution is 9.10. The van der Waals surface area contributed by atoms with E-state index in [1.807, 2.05) is 6.07 Å². The Morgan fingerprint density at radius 2 is 1.84 bits per heavy atom. The van der Waals surface area contributed by atoms with E-state index in [2.05, 4.69) is 20.9 Å². The number of amides is 1. The highest BCUT2D eigenvalue weighted by Crippen LogP contribution is 2.41. The molecule has 0 saturated heterocycles. The van der Waals surface area contributed by atoms with Gasteiger partial charge < -0.3 is 14.6 Å². The van der Waals surface area contributed by atoms with Gasteiger partial charge in [-0.2, -0.15) is 0 Å². The fraction of sp³-hybridized carbons (Fsp3) is 0.138. The maximum absolute atomic E-state index is 14.1. The Kier molecular flexibility index (Phi) is 8.81. The lowest BCUT2D eigenvalue weighted by Gasteiger charge is -2.11. The average molecular weight is 596 g/mol. The van der Waals surface area contributed by atoms with Crippen LogP contribution in [-0.2, 0) is 16.1 Å². The van der Waals surface area contributed by atoms with E-state index in [0.29, 0.717) is 22.4 Å². The van der Waals surface area contributed by atoms with Crippen molar-refractivity contribution in [3.63, 3.8) is 0 Å². The summed E-state index contributed by atoms with van der Waals surface area (Å²) in [6.07, 6.45) is 1.61. The minimum absolute atomic E-state index is 0.00877. The van der Waals surface area contributed by atoms with E-state index < -0.39 is 11.9 Å². The smallest absolute Gasteiger partial charge is 0.344 e. The number of hydrogen-bond donors (Lipinski definition) is 1. The van der Waals surface area contributed by atoms with Crippen molar-refractivity contribution in [2.75, 3.05) is 6.61 Å². The van der Waals surface area contributed by atoms with Crippen molar-refractivity contribution in [2.24, 2.45) is 4.99 Å². The van der Waals surface area contributed by atoms with E-state index >= 15 is 0 Å². The third-order valence-electron chi connectivity index (χ3n) is 5.55. The van der Waals surface area contributed by atoms with Gasteiger partial charge in [-0.05, 0) is 55.8 Å². The van der Waals surface area contributed by atoms with Crippen molar-refractivity contribution in [3.8, 4) is 5.75 Å². The third kappa shape index (κ3) is 6.23. The Morgan fingerprint density at radius 1 is 1.11 bits per heavy atom. The zero-order valence-corrected chi connectivity index (χ0v) is 22.9. The molecule has 1 heterocycles. The van der Waals surface area contributed by atoms with Crippen LogP contribution in [0.25, 0.3) is 6.08 Å². The van der Waals surface area contributed by atoms with E-state index in [1.165, 1.54) is 6.07 Å². The molecular formula is C29H23BrFNO5S. The summed E-state index contributed by atoms with van der Waals surface area (Å²) < 4.78 is 25.8. The molecule has 1 aliphatic rings. The summed E-state index contributed by atoms with van der Waals surface area (Å²) in [5, 5.41) is 11.0. The zero-order valence-electron chi connectivity index (χ0n) is 20.5. The number of aliphatic hydroxyl groups is 1. The second kappa shape index (κ2) is 12.2. The van der Waals surface area contributed by atoms with Crippen LogP contribution < -0.4 is 4.74 Å². The second-order valence-electron chi connectivity index (χ2n) is 8.15.